The second-order valence-corrected chi connectivity index (χ2v) is 4.57. The molecule has 0 amide bonds. The number of aromatic nitrogens is 1. The monoisotopic (exact) mass is 237 g/mol. The number of nitrogens with zero attached hydrogens (tertiary/aromatic N) is 2. The molecule has 0 saturated carbocycles. The molecular weight excluding hydrogens is 217 g/mol. The fourth-order valence-corrected chi connectivity index (χ4v) is 2.36. The van der Waals surface area contributed by atoms with Gasteiger partial charge in [0, 0.05) is 25.2 Å². The molecular formula is C13H20FN3. The van der Waals surface area contributed by atoms with E-state index in [4.69, 9.17) is 0 Å². The molecule has 3 nitrogen and oxygen atoms in total. The molecule has 0 spiro atoms. The number of hydrogen-bond acceptors (Lipinski definition) is 3. The molecule has 0 unspecified atom stereocenters. The van der Waals surface area contributed by atoms with Gasteiger partial charge in [0.1, 0.15) is 11.6 Å². The predicted molar refractivity (Wildman–Crippen MR) is 67.6 cm³/mol. The van der Waals surface area contributed by atoms with E-state index in [-0.39, 0.29) is 5.82 Å². The van der Waals surface area contributed by atoms with Crippen LogP contribution in [0, 0.1) is 5.82 Å². The van der Waals surface area contributed by atoms with Crippen LogP contribution in [0.2, 0.25) is 0 Å². The SMILES string of the molecule is CNCc1cc(F)cnc1N1CCCCCC1. The van der Waals surface area contributed by atoms with Crippen LogP contribution in [-0.2, 0) is 6.54 Å². The largest absolute Gasteiger partial charge is 0.356 e. The number of anilines is 1. The first-order valence-electron chi connectivity index (χ1n) is 6.35. The van der Waals surface area contributed by atoms with E-state index in [0.29, 0.717) is 6.54 Å². The molecule has 4 heteroatoms. The van der Waals surface area contributed by atoms with Gasteiger partial charge in [-0.15, -0.1) is 0 Å². The highest BCUT2D eigenvalue weighted by molar-refractivity contribution is 5.47. The molecule has 1 aliphatic heterocycles. The van der Waals surface area contributed by atoms with Crippen molar-refractivity contribution in [2.75, 3.05) is 25.0 Å². The smallest absolute Gasteiger partial charge is 0.141 e. The van der Waals surface area contributed by atoms with Gasteiger partial charge in [0.2, 0.25) is 0 Å². The first-order valence-corrected chi connectivity index (χ1v) is 6.35. The van der Waals surface area contributed by atoms with Gasteiger partial charge in [-0.25, -0.2) is 9.37 Å². The van der Waals surface area contributed by atoms with Crippen LogP contribution in [0.15, 0.2) is 12.3 Å². The third-order valence-corrected chi connectivity index (χ3v) is 3.18. The van der Waals surface area contributed by atoms with Gasteiger partial charge in [0.05, 0.1) is 6.20 Å². The van der Waals surface area contributed by atoms with Gasteiger partial charge >= 0.3 is 0 Å². The Labute approximate surface area is 102 Å². The van der Waals surface area contributed by atoms with Crippen molar-refractivity contribution >= 4 is 5.82 Å². The van der Waals surface area contributed by atoms with E-state index in [1.807, 2.05) is 7.05 Å². The molecule has 0 atom stereocenters. The quantitative estimate of drug-likeness (QED) is 0.874. The lowest BCUT2D eigenvalue weighted by molar-refractivity contribution is 0.614. The maximum absolute atomic E-state index is 13.2. The number of rotatable bonds is 3. The van der Waals surface area contributed by atoms with Crippen molar-refractivity contribution in [2.24, 2.45) is 0 Å². The lowest BCUT2D eigenvalue weighted by Crippen LogP contribution is -2.27. The third-order valence-electron chi connectivity index (χ3n) is 3.18. The van der Waals surface area contributed by atoms with E-state index in [2.05, 4.69) is 15.2 Å². The zero-order valence-corrected chi connectivity index (χ0v) is 10.4. The Morgan fingerprint density at radius 1 is 1.29 bits per heavy atom. The second kappa shape index (κ2) is 5.96. The van der Waals surface area contributed by atoms with Crippen LogP contribution in [0.25, 0.3) is 0 Å². The summed E-state index contributed by atoms with van der Waals surface area (Å²) in [4.78, 5) is 6.56. The summed E-state index contributed by atoms with van der Waals surface area (Å²) in [6.45, 7) is 2.74. The third kappa shape index (κ3) is 3.16. The Kier molecular flexibility index (Phi) is 4.31. The molecule has 1 aromatic heterocycles. The van der Waals surface area contributed by atoms with Gasteiger partial charge in [0.15, 0.2) is 0 Å². The molecule has 0 aromatic carbocycles. The van der Waals surface area contributed by atoms with Gasteiger partial charge in [-0.1, -0.05) is 12.8 Å². The summed E-state index contributed by atoms with van der Waals surface area (Å²) in [5.41, 5.74) is 0.953. The molecule has 17 heavy (non-hydrogen) atoms. The highest BCUT2D eigenvalue weighted by Gasteiger charge is 2.15. The maximum atomic E-state index is 13.2. The van der Waals surface area contributed by atoms with Gasteiger partial charge in [-0.3, -0.25) is 0 Å². The Hall–Kier alpha value is -1.16. The topological polar surface area (TPSA) is 28.2 Å². The van der Waals surface area contributed by atoms with Crippen LogP contribution in [-0.4, -0.2) is 25.1 Å². The van der Waals surface area contributed by atoms with Gasteiger partial charge in [-0.05, 0) is 26.0 Å². The minimum atomic E-state index is -0.256. The summed E-state index contributed by atoms with van der Waals surface area (Å²) < 4.78 is 13.2. The van der Waals surface area contributed by atoms with Crippen molar-refractivity contribution in [1.82, 2.24) is 10.3 Å². The Morgan fingerprint density at radius 2 is 2.00 bits per heavy atom. The first kappa shape index (κ1) is 12.3. The Morgan fingerprint density at radius 3 is 2.65 bits per heavy atom. The Bertz CT molecular complexity index is 360. The zero-order chi connectivity index (χ0) is 12.1. The van der Waals surface area contributed by atoms with Gasteiger partial charge < -0.3 is 10.2 Å². The zero-order valence-electron chi connectivity index (χ0n) is 10.4. The average molecular weight is 237 g/mol. The van der Waals surface area contributed by atoms with Gasteiger partial charge in [0.25, 0.3) is 0 Å². The number of pyridine rings is 1. The van der Waals surface area contributed by atoms with Crippen molar-refractivity contribution < 1.29 is 4.39 Å². The second-order valence-electron chi connectivity index (χ2n) is 4.57. The Balaban J connectivity index is 2.22. The van der Waals surface area contributed by atoms with Crippen LogP contribution in [0.1, 0.15) is 31.2 Å². The number of hydrogen-bond donors (Lipinski definition) is 1. The van der Waals surface area contributed by atoms with Crippen LogP contribution in [0.5, 0.6) is 0 Å². The fraction of sp³-hybridized carbons (Fsp3) is 0.615. The molecule has 0 bridgehead atoms. The molecule has 2 rings (SSSR count). The summed E-state index contributed by atoms with van der Waals surface area (Å²) in [5.74, 6) is 0.691. The standard InChI is InChI=1S/C13H20FN3/c1-15-9-11-8-12(14)10-16-13(11)17-6-4-2-3-5-7-17/h8,10,15H,2-7,9H2,1H3. The average Bonchev–Trinajstić information content (AvgIpc) is 2.58. The van der Waals surface area contributed by atoms with Gasteiger partial charge in [-0.2, -0.15) is 0 Å². The molecule has 0 radical (unpaired) electrons. The summed E-state index contributed by atoms with van der Waals surface area (Å²) in [6, 6.07) is 1.59. The van der Waals surface area contributed by atoms with Crippen LogP contribution >= 0.6 is 0 Å². The van der Waals surface area contributed by atoms with Crippen LogP contribution in [0.4, 0.5) is 10.2 Å². The summed E-state index contributed by atoms with van der Waals surface area (Å²) >= 11 is 0. The predicted octanol–water partition coefficient (Wildman–Crippen LogP) is 2.32. The van der Waals surface area contributed by atoms with E-state index in [9.17, 15) is 4.39 Å². The fourth-order valence-electron chi connectivity index (χ4n) is 2.36. The molecule has 1 aromatic rings. The molecule has 1 saturated heterocycles. The molecule has 0 aliphatic carbocycles. The highest BCUT2D eigenvalue weighted by Crippen LogP contribution is 2.22. The van der Waals surface area contributed by atoms with E-state index in [1.54, 1.807) is 6.07 Å². The van der Waals surface area contributed by atoms with Crippen molar-refractivity contribution in [2.45, 2.75) is 32.2 Å². The van der Waals surface area contributed by atoms with E-state index in [0.717, 1.165) is 24.5 Å². The molecule has 1 N–H and O–H groups in total. The number of halogens is 1. The summed E-state index contributed by atoms with van der Waals surface area (Å²) in [5, 5.41) is 3.07. The molecule has 1 aliphatic rings. The molecule has 2 heterocycles. The summed E-state index contributed by atoms with van der Waals surface area (Å²) in [7, 11) is 1.87. The van der Waals surface area contributed by atoms with Crippen molar-refractivity contribution in [3.05, 3.63) is 23.6 Å². The van der Waals surface area contributed by atoms with Crippen LogP contribution < -0.4 is 10.2 Å². The summed E-state index contributed by atoms with van der Waals surface area (Å²) in [6.07, 6.45) is 6.31. The lowest BCUT2D eigenvalue weighted by Gasteiger charge is -2.24. The minimum Gasteiger partial charge on any atom is -0.356 e. The first-order chi connectivity index (χ1) is 8.31. The van der Waals surface area contributed by atoms with Crippen molar-refractivity contribution in [3.63, 3.8) is 0 Å². The minimum absolute atomic E-state index is 0.256. The number of nitrogens with one attached hydrogen (secondary N) is 1. The molecule has 1 fully saturated rings. The van der Waals surface area contributed by atoms with E-state index < -0.39 is 0 Å². The normalized spacial score (nSPS) is 16.9. The maximum Gasteiger partial charge on any atom is 0.141 e. The van der Waals surface area contributed by atoms with Crippen molar-refractivity contribution in [3.8, 4) is 0 Å². The lowest BCUT2D eigenvalue weighted by atomic mass is 10.2. The molecule has 94 valence electrons. The van der Waals surface area contributed by atoms with E-state index >= 15 is 0 Å². The van der Waals surface area contributed by atoms with E-state index in [1.165, 1.54) is 31.9 Å². The van der Waals surface area contributed by atoms with Crippen molar-refractivity contribution in [1.29, 1.82) is 0 Å². The van der Waals surface area contributed by atoms with Crippen LogP contribution in [0.3, 0.4) is 0 Å². The highest BCUT2D eigenvalue weighted by atomic mass is 19.1.